The zero-order valence-electron chi connectivity index (χ0n) is 11.7. The second kappa shape index (κ2) is 7.71. The zero-order chi connectivity index (χ0) is 12.9. The van der Waals surface area contributed by atoms with Gasteiger partial charge in [-0.2, -0.15) is 0 Å². The van der Waals surface area contributed by atoms with Gasteiger partial charge in [0.15, 0.2) is 5.96 Å². The highest BCUT2D eigenvalue weighted by molar-refractivity contribution is 14.0. The van der Waals surface area contributed by atoms with Gasteiger partial charge >= 0.3 is 0 Å². The minimum atomic E-state index is 0. The number of hydrogen-bond donors (Lipinski definition) is 2. The van der Waals surface area contributed by atoms with Gasteiger partial charge in [-0.25, -0.2) is 0 Å². The van der Waals surface area contributed by atoms with Gasteiger partial charge in [-0.1, -0.05) is 18.2 Å². The molecule has 0 radical (unpaired) electrons. The van der Waals surface area contributed by atoms with Crippen LogP contribution < -0.4 is 15.5 Å². The number of rotatable bonds is 3. The lowest BCUT2D eigenvalue weighted by atomic mass is 10.1. The van der Waals surface area contributed by atoms with Crippen LogP contribution in [0.4, 0.5) is 5.69 Å². The molecule has 0 aromatic heterocycles. The van der Waals surface area contributed by atoms with Crippen molar-refractivity contribution in [2.75, 3.05) is 37.6 Å². The van der Waals surface area contributed by atoms with Crippen molar-refractivity contribution in [1.29, 1.82) is 0 Å². The van der Waals surface area contributed by atoms with E-state index in [2.05, 4.69) is 50.9 Å². The SMILES string of the molecule is I.c1ccc(N2CCC(CNC3=NCCCN3)C2)cc1. The molecule has 0 amide bonds. The van der Waals surface area contributed by atoms with Gasteiger partial charge in [0, 0.05) is 38.4 Å². The van der Waals surface area contributed by atoms with Gasteiger partial charge in [0.2, 0.25) is 0 Å². The third-order valence-electron chi connectivity index (χ3n) is 3.86. The van der Waals surface area contributed by atoms with E-state index in [1.165, 1.54) is 12.1 Å². The number of anilines is 1. The average molecular weight is 386 g/mol. The predicted octanol–water partition coefficient (Wildman–Crippen LogP) is 2.07. The Labute approximate surface area is 138 Å². The van der Waals surface area contributed by atoms with Crippen LogP contribution in [0.25, 0.3) is 0 Å². The minimum absolute atomic E-state index is 0. The Morgan fingerprint density at radius 1 is 1.30 bits per heavy atom. The summed E-state index contributed by atoms with van der Waals surface area (Å²) in [7, 11) is 0. The highest BCUT2D eigenvalue weighted by Crippen LogP contribution is 2.22. The van der Waals surface area contributed by atoms with Gasteiger partial charge in [-0.3, -0.25) is 4.99 Å². The molecular weight excluding hydrogens is 363 g/mol. The third-order valence-corrected chi connectivity index (χ3v) is 3.86. The first-order chi connectivity index (χ1) is 9.42. The Balaban J connectivity index is 0.00000147. The van der Waals surface area contributed by atoms with Crippen molar-refractivity contribution in [3.63, 3.8) is 0 Å². The zero-order valence-corrected chi connectivity index (χ0v) is 14.0. The van der Waals surface area contributed by atoms with E-state index in [-0.39, 0.29) is 24.0 Å². The lowest BCUT2D eigenvalue weighted by Crippen LogP contribution is -2.43. The Kier molecular flexibility index (Phi) is 5.94. The summed E-state index contributed by atoms with van der Waals surface area (Å²) in [6.45, 7) is 5.33. The summed E-state index contributed by atoms with van der Waals surface area (Å²) in [5.41, 5.74) is 1.35. The lowest BCUT2D eigenvalue weighted by molar-refractivity contribution is 0.560. The molecule has 1 fully saturated rings. The van der Waals surface area contributed by atoms with E-state index >= 15 is 0 Å². The topological polar surface area (TPSA) is 39.7 Å². The summed E-state index contributed by atoms with van der Waals surface area (Å²) in [5.74, 6) is 1.70. The normalized spacial score (nSPS) is 21.7. The number of halogens is 1. The second-order valence-electron chi connectivity index (χ2n) is 5.33. The van der Waals surface area contributed by atoms with E-state index in [9.17, 15) is 0 Å². The van der Waals surface area contributed by atoms with Crippen LogP contribution in [0.3, 0.4) is 0 Å². The van der Waals surface area contributed by atoms with Crippen LogP contribution in [0, 0.1) is 5.92 Å². The molecule has 1 aromatic carbocycles. The van der Waals surface area contributed by atoms with Crippen molar-refractivity contribution in [3.8, 4) is 0 Å². The van der Waals surface area contributed by atoms with E-state index in [0.29, 0.717) is 5.92 Å². The van der Waals surface area contributed by atoms with Gasteiger partial charge in [0.1, 0.15) is 0 Å². The molecule has 0 bridgehead atoms. The maximum absolute atomic E-state index is 4.45. The van der Waals surface area contributed by atoms with Crippen molar-refractivity contribution in [2.45, 2.75) is 12.8 Å². The molecule has 3 rings (SSSR count). The van der Waals surface area contributed by atoms with E-state index in [1.54, 1.807) is 0 Å². The first-order valence-electron chi connectivity index (χ1n) is 7.24. The molecule has 2 N–H and O–H groups in total. The first kappa shape index (κ1) is 15.4. The Hall–Kier alpha value is -0.980. The average Bonchev–Trinajstić information content (AvgIpc) is 2.96. The largest absolute Gasteiger partial charge is 0.371 e. The highest BCUT2D eigenvalue weighted by atomic mass is 127. The molecule has 4 nitrogen and oxygen atoms in total. The van der Waals surface area contributed by atoms with Crippen LogP contribution in [0.2, 0.25) is 0 Å². The molecule has 1 unspecified atom stereocenters. The number of aliphatic imine (C=N–C) groups is 1. The maximum Gasteiger partial charge on any atom is 0.191 e. The molecule has 0 spiro atoms. The summed E-state index contributed by atoms with van der Waals surface area (Å²) in [5, 5.41) is 6.76. The predicted molar refractivity (Wildman–Crippen MR) is 95.1 cm³/mol. The van der Waals surface area contributed by atoms with Gasteiger partial charge in [0.25, 0.3) is 0 Å². The maximum atomic E-state index is 4.45. The quantitative estimate of drug-likeness (QED) is 0.782. The fourth-order valence-electron chi connectivity index (χ4n) is 2.76. The molecule has 5 heteroatoms. The third kappa shape index (κ3) is 4.01. The molecule has 2 aliphatic heterocycles. The fourth-order valence-corrected chi connectivity index (χ4v) is 2.76. The van der Waals surface area contributed by atoms with Crippen LogP contribution >= 0.6 is 24.0 Å². The van der Waals surface area contributed by atoms with Crippen molar-refractivity contribution in [2.24, 2.45) is 10.9 Å². The summed E-state index contributed by atoms with van der Waals surface area (Å²) in [6, 6.07) is 10.7. The molecule has 0 aliphatic carbocycles. The minimum Gasteiger partial charge on any atom is -0.371 e. The van der Waals surface area contributed by atoms with Gasteiger partial charge in [0.05, 0.1) is 0 Å². The van der Waals surface area contributed by atoms with Crippen molar-refractivity contribution < 1.29 is 0 Å². The smallest absolute Gasteiger partial charge is 0.191 e. The van der Waals surface area contributed by atoms with Crippen molar-refractivity contribution >= 4 is 35.6 Å². The second-order valence-corrected chi connectivity index (χ2v) is 5.33. The van der Waals surface area contributed by atoms with Crippen LogP contribution in [-0.4, -0.2) is 38.7 Å². The standard InChI is InChI=1S/C15H22N4.HI/c1-2-5-14(6-3-1)19-10-7-13(12-19)11-18-15-16-8-4-9-17-15;/h1-3,5-6,13H,4,7-12H2,(H2,16,17,18);1H. The summed E-state index contributed by atoms with van der Waals surface area (Å²) >= 11 is 0. The molecule has 20 heavy (non-hydrogen) atoms. The number of para-hydroxylation sites is 1. The monoisotopic (exact) mass is 386 g/mol. The van der Waals surface area contributed by atoms with Crippen LogP contribution in [0.15, 0.2) is 35.3 Å². The molecule has 1 aromatic rings. The van der Waals surface area contributed by atoms with E-state index in [4.69, 9.17) is 0 Å². The van der Waals surface area contributed by atoms with E-state index in [0.717, 1.165) is 45.1 Å². The Bertz CT molecular complexity index is 435. The van der Waals surface area contributed by atoms with Crippen LogP contribution in [0.1, 0.15) is 12.8 Å². The van der Waals surface area contributed by atoms with Crippen molar-refractivity contribution in [3.05, 3.63) is 30.3 Å². The summed E-state index contributed by atoms with van der Waals surface area (Å²) < 4.78 is 0. The number of benzene rings is 1. The first-order valence-corrected chi connectivity index (χ1v) is 7.24. The number of hydrogen-bond acceptors (Lipinski definition) is 4. The summed E-state index contributed by atoms with van der Waals surface area (Å²) in [4.78, 5) is 6.92. The van der Waals surface area contributed by atoms with Gasteiger partial charge in [-0.05, 0) is 30.9 Å². The molecular formula is C15H23IN4. The number of nitrogens with one attached hydrogen (secondary N) is 2. The van der Waals surface area contributed by atoms with Gasteiger partial charge < -0.3 is 15.5 Å². The Morgan fingerprint density at radius 3 is 2.90 bits per heavy atom. The molecule has 1 atom stereocenters. The molecule has 110 valence electrons. The van der Waals surface area contributed by atoms with Crippen molar-refractivity contribution in [1.82, 2.24) is 10.6 Å². The summed E-state index contributed by atoms with van der Waals surface area (Å²) in [6.07, 6.45) is 2.41. The molecule has 2 heterocycles. The van der Waals surface area contributed by atoms with Gasteiger partial charge in [-0.15, -0.1) is 24.0 Å². The highest BCUT2D eigenvalue weighted by Gasteiger charge is 2.22. The lowest BCUT2D eigenvalue weighted by Gasteiger charge is -2.20. The molecule has 1 saturated heterocycles. The van der Waals surface area contributed by atoms with E-state index in [1.807, 2.05) is 0 Å². The van der Waals surface area contributed by atoms with Crippen LogP contribution in [0.5, 0.6) is 0 Å². The Morgan fingerprint density at radius 2 is 2.15 bits per heavy atom. The molecule has 0 saturated carbocycles. The number of guanidine groups is 1. The van der Waals surface area contributed by atoms with Crippen LogP contribution in [-0.2, 0) is 0 Å². The number of nitrogens with zero attached hydrogens (tertiary/aromatic N) is 2. The fraction of sp³-hybridized carbons (Fsp3) is 0.533. The molecule has 2 aliphatic rings. The van der Waals surface area contributed by atoms with E-state index < -0.39 is 0 Å².